The summed E-state index contributed by atoms with van der Waals surface area (Å²) in [5.41, 5.74) is -3.30. The second kappa shape index (κ2) is 8.04. The SMILES string of the molecule is C[N+](C)(C)CC(CC(=O)O)OC(=O)C(O)C(O)(CC(=O)O)C(=O)O. The van der Waals surface area contributed by atoms with Gasteiger partial charge in [-0.15, -0.1) is 0 Å². The van der Waals surface area contributed by atoms with Gasteiger partial charge in [0, 0.05) is 0 Å². The summed E-state index contributed by atoms with van der Waals surface area (Å²) in [4.78, 5) is 44.3. The molecule has 0 heterocycles. The van der Waals surface area contributed by atoms with E-state index in [4.69, 9.17) is 20.1 Å². The van der Waals surface area contributed by atoms with Crippen LogP contribution >= 0.6 is 0 Å². The first-order chi connectivity index (χ1) is 10.7. The number of likely N-dealkylation sites (N-methyl/N-ethyl adjacent to an activating group) is 1. The minimum Gasteiger partial charge on any atom is -0.481 e. The van der Waals surface area contributed by atoms with E-state index in [2.05, 4.69) is 0 Å². The molecule has 0 spiro atoms. The monoisotopic (exact) mass is 352 g/mol. The number of carboxylic acids is 3. The Bertz CT molecular complexity index is 511. The first kappa shape index (κ1) is 21.8. The summed E-state index contributed by atoms with van der Waals surface area (Å²) in [6.45, 7) is 0.0230. The van der Waals surface area contributed by atoms with Gasteiger partial charge in [-0.1, -0.05) is 0 Å². The topological polar surface area (TPSA) is 179 Å². The number of ether oxygens (including phenoxy) is 1. The van der Waals surface area contributed by atoms with E-state index in [1.807, 2.05) is 0 Å². The van der Waals surface area contributed by atoms with Gasteiger partial charge in [-0.25, -0.2) is 9.59 Å². The molecule has 0 radical (unpaired) electrons. The van der Waals surface area contributed by atoms with E-state index in [-0.39, 0.29) is 11.0 Å². The van der Waals surface area contributed by atoms with Gasteiger partial charge in [-0.2, -0.15) is 0 Å². The number of esters is 1. The summed E-state index contributed by atoms with van der Waals surface area (Å²) in [5.74, 6) is -6.81. The zero-order valence-electron chi connectivity index (χ0n) is 13.5. The molecule has 5 N–H and O–H groups in total. The van der Waals surface area contributed by atoms with Crippen LogP contribution in [0.2, 0.25) is 0 Å². The third-order valence-corrected chi connectivity index (χ3v) is 2.90. The summed E-state index contributed by atoms with van der Waals surface area (Å²) in [6, 6.07) is 0. The first-order valence-corrected chi connectivity index (χ1v) is 6.77. The molecule has 3 unspecified atom stereocenters. The molecule has 0 bridgehead atoms. The standard InChI is InChI=1S/C13H21NO10/c1-14(2,3)6-7(4-8(15)16)24-11(20)10(19)13(23,12(21)22)5-9(17)18/h7,10,19,23H,4-6H2,1-3H3,(H2-,15,16,17,18,21,22)/p+1. The highest BCUT2D eigenvalue weighted by Gasteiger charge is 2.50. The number of carbonyl (C=O) groups is 4. The summed E-state index contributed by atoms with van der Waals surface area (Å²) in [5, 5.41) is 45.8. The molecule has 0 saturated heterocycles. The highest BCUT2D eigenvalue weighted by Crippen LogP contribution is 2.19. The number of carboxylic acid groups (broad SMARTS) is 3. The van der Waals surface area contributed by atoms with E-state index >= 15 is 0 Å². The van der Waals surface area contributed by atoms with Crippen LogP contribution in [0.25, 0.3) is 0 Å². The fourth-order valence-corrected chi connectivity index (χ4v) is 1.89. The normalized spacial score (nSPS) is 16.5. The molecule has 0 rings (SSSR count). The van der Waals surface area contributed by atoms with Gasteiger partial charge < -0.3 is 34.8 Å². The first-order valence-electron chi connectivity index (χ1n) is 6.77. The largest absolute Gasteiger partial charge is 0.481 e. The van der Waals surface area contributed by atoms with Crippen LogP contribution < -0.4 is 0 Å². The molecule has 0 aromatic heterocycles. The zero-order chi connectivity index (χ0) is 19.3. The number of carbonyl (C=O) groups excluding carboxylic acids is 1. The Hall–Kier alpha value is -2.24. The lowest BCUT2D eigenvalue weighted by Gasteiger charge is -2.30. The smallest absolute Gasteiger partial charge is 0.339 e. The highest BCUT2D eigenvalue weighted by molar-refractivity contribution is 5.91. The number of rotatable bonds is 10. The average molecular weight is 352 g/mol. The third kappa shape index (κ3) is 6.89. The number of quaternary nitrogens is 1. The van der Waals surface area contributed by atoms with Crippen molar-refractivity contribution in [2.24, 2.45) is 0 Å². The Morgan fingerprint density at radius 3 is 1.88 bits per heavy atom. The van der Waals surface area contributed by atoms with Gasteiger partial charge >= 0.3 is 23.9 Å². The van der Waals surface area contributed by atoms with Crippen LogP contribution in [0, 0.1) is 0 Å². The van der Waals surface area contributed by atoms with E-state index in [0.29, 0.717) is 0 Å². The van der Waals surface area contributed by atoms with Crippen molar-refractivity contribution in [2.45, 2.75) is 30.7 Å². The van der Waals surface area contributed by atoms with E-state index in [9.17, 15) is 29.4 Å². The molecule has 0 aromatic rings. The van der Waals surface area contributed by atoms with Crippen molar-refractivity contribution in [3.63, 3.8) is 0 Å². The Kier molecular flexibility index (Phi) is 7.29. The molecule has 0 aliphatic heterocycles. The number of nitrogens with zero attached hydrogens (tertiary/aromatic N) is 1. The number of aliphatic hydroxyl groups excluding tert-OH is 1. The van der Waals surface area contributed by atoms with Crippen LogP contribution in [0.4, 0.5) is 0 Å². The summed E-state index contributed by atoms with van der Waals surface area (Å²) < 4.78 is 4.97. The quantitative estimate of drug-likeness (QED) is 0.212. The Labute approximate surface area is 137 Å². The van der Waals surface area contributed by atoms with Crippen LogP contribution in [0.1, 0.15) is 12.8 Å². The predicted octanol–water partition coefficient (Wildman–Crippen LogP) is -2.27. The number of aliphatic hydroxyl groups is 2. The maximum atomic E-state index is 11.9. The predicted molar refractivity (Wildman–Crippen MR) is 75.9 cm³/mol. The Balaban J connectivity index is 5.28. The molecule has 0 aliphatic carbocycles. The molecule has 0 aromatic carbocycles. The summed E-state index contributed by atoms with van der Waals surface area (Å²) in [7, 11) is 5.03. The molecule has 3 atom stereocenters. The van der Waals surface area contributed by atoms with Gasteiger partial charge in [0.2, 0.25) is 5.60 Å². The maximum Gasteiger partial charge on any atom is 0.339 e. The molecular formula is C13H22NO10+. The van der Waals surface area contributed by atoms with E-state index in [0.717, 1.165) is 0 Å². The molecular weight excluding hydrogens is 330 g/mol. The lowest BCUT2D eigenvalue weighted by molar-refractivity contribution is -0.873. The minimum atomic E-state index is -3.30. The number of aliphatic carboxylic acids is 3. The lowest BCUT2D eigenvalue weighted by Crippen LogP contribution is -2.56. The second-order valence-corrected chi connectivity index (χ2v) is 6.33. The maximum absolute atomic E-state index is 11.9. The van der Waals surface area contributed by atoms with Crippen LogP contribution in [0.5, 0.6) is 0 Å². The van der Waals surface area contributed by atoms with Crippen molar-refractivity contribution in [1.29, 1.82) is 0 Å². The fourth-order valence-electron chi connectivity index (χ4n) is 1.89. The molecule has 11 heteroatoms. The lowest BCUT2D eigenvalue weighted by atomic mass is 9.93. The summed E-state index contributed by atoms with van der Waals surface area (Å²) in [6.07, 6.45) is -5.97. The van der Waals surface area contributed by atoms with Crippen molar-refractivity contribution < 1.29 is 53.9 Å². The van der Waals surface area contributed by atoms with Gasteiger partial charge in [-0.05, 0) is 0 Å². The third-order valence-electron chi connectivity index (χ3n) is 2.90. The zero-order valence-corrected chi connectivity index (χ0v) is 13.5. The molecule has 0 aliphatic rings. The molecule has 0 fully saturated rings. The Morgan fingerprint density at radius 2 is 1.54 bits per heavy atom. The van der Waals surface area contributed by atoms with Gasteiger partial charge in [0.25, 0.3) is 0 Å². The number of hydrogen-bond acceptors (Lipinski definition) is 7. The molecule has 11 nitrogen and oxygen atoms in total. The Morgan fingerprint density at radius 1 is 1.04 bits per heavy atom. The molecule has 24 heavy (non-hydrogen) atoms. The van der Waals surface area contributed by atoms with Gasteiger partial charge in [0.1, 0.15) is 6.54 Å². The van der Waals surface area contributed by atoms with Crippen molar-refractivity contribution in [3.8, 4) is 0 Å². The molecule has 138 valence electrons. The van der Waals surface area contributed by atoms with E-state index < -0.39 is 54.5 Å². The number of hydrogen-bond donors (Lipinski definition) is 5. The van der Waals surface area contributed by atoms with Crippen molar-refractivity contribution in [3.05, 3.63) is 0 Å². The van der Waals surface area contributed by atoms with Gasteiger partial charge in [0.15, 0.2) is 12.2 Å². The van der Waals surface area contributed by atoms with Crippen LogP contribution in [0.15, 0.2) is 0 Å². The highest BCUT2D eigenvalue weighted by atomic mass is 16.6. The van der Waals surface area contributed by atoms with Crippen molar-refractivity contribution in [2.75, 3.05) is 27.7 Å². The minimum absolute atomic E-state index is 0.0230. The molecule has 0 amide bonds. The second-order valence-electron chi connectivity index (χ2n) is 6.33. The summed E-state index contributed by atoms with van der Waals surface area (Å²) >= 11 is 0. The molecule has 0 saturated carbocycles. The van der Waals surface area contributed by atoms with Crippen LogP contribution in [-0.4, -0.2) is 99.4 Å². The fraction of sp³-hybridized carbons (Fsp3) is 0.692. The average Bonchev–Trinajstić information content (AvgIpc) is 2.33. The van der Waals surface area contributed by atoms with Crippen LogP contribution in [-0.2, 0) is 23.9 Å². The van der Waals surface area contributed by atoms with E-state index in [1.54, 1.807) is 21.1 Å². The van der Waals surface area contributed by atoms with Crippen LogP contribution in [0.3, 0.4) is 0 Å². The van der Waals surface area contributed by atoms with E-state index in [1.165, 1.54) is 0 Å². The van der Waals surface area contributed by atoms with Gasteiger partial charge in [0.05, 0.1) is 34.0 Å². The van der Waals surface area contributed by atoms with Crippen molar-refractivity contribution >= 4 is 23.9 Å². The van der Waals surface area contributed by atoms with Gasteiger partial charge in [-0.3, -0.25) is 9.59 Å². The van der Waals surface area contributed by atoms with Crippen molar-refractivity contribution in [1.82, 2.24) is 0 Å².